The maximum Gasteiger partial charge on any atom is 0.228 e. The summed E-state index contributed by atoms with van der Waals surface area (Å²) in [5, 5.41) is 9.71. The summed E-state index contributed by atoms with van der Waals surface area (Å²) in [5.41, 5.74) is 0.580. The quantitative estimate of drug-likeness (QED) is 0.791. The van der Waals surface area contributed by atoms with Crippen molar-refractivity contribution in [3.63, 3.8) is 0 Å². The van der Waals surface area contributed by atoms with Gasteiger partial charge in [0, 0.05) is 25.1 Å². The van der Waals surface area contributed by atoms with Crippen LogP contribution in [0.3, 0.4) is 0 Å². The van der Waals surface area contributed by atoms with E-state index in [1.54, 1.807) is 41.2 Å². The number of ketones is 1. The molecular formula is C14H16N2O3. The van der Waals surface area contributed by atoms with Gasteiger partial charge in [0.05, 0.1) is 19.3 Å². The molecule has 100 valence electrons. The molecule has 1 N–H and O–H groups in total. The Bertz CT molecular complexity index is 537. The van der Waals surface area contributed by atoms with E-state index >= 15 is 0 Å². The number of carbonyl (C=O) groups is 1. The number of methoxy groups -OCH3 is 1. The van der Waals surface area contributed by atoms with Gasteiger partial charge in [0.1, 0.15) is 0 Å². The minimum absolute atomic E-state index is 0.157. The number of ether oxygens (including phenoxy) is 1. The molecular weight excluding hydrogens is 244 g/mol. The van der Waals surface area contributed by atoms with E-state index in [4.69, 9.17) is 4.74 Å². The average Bonchev–Trinajstić information content (AvgIpc) is 2.87. The second-order valence-corrected chi connectivity index (χ2v) is 4.21. The molecule has 0 fully saturated rings. The summed E-state index contributed by atoms with van der Waals surface area (Å²) < 4.78 is 6.51. The molecule has 2 rings (SSSR count). The first-order valence-electron chi connectivity index (χ1n) is 6.00. The molecule has 0 saturated carbocycles. The van der Waals surface area contributed by atoms with Gasteiger partial charge in [-0.3, -0.25) is 4.79 Å². The molecule has 0 bridgehead atoms. The monoisotopic (exact) mass is 260 g/mol. The van der Waals surface area contributed by atoms with Crippen LogP contribution in [0.25, 0.3) is 0 Å². The van der Waals surface area contributed by atoms with E-state index in [1.807, 2.05) is 6.07 Å². The number of aliphatic hydroxyl groups excluding tert-OH is 1. The normalized spacial score (nSPS) is 12.3. The van der Waals surface area contributed by atoms with Gasteiger partial charge in [-0.15, -0.1) is 0 Å². The first-order chi connectivity index (χ1) is 9.22. The van der Waals surface area contributed by atoms with Crippen LogP contribution in [0.15, 0.2) is 42.7 Å². The topological polar surface area (TPSA) is 64.3 Å². The maximum absolute atomic E-state index is 12.3. The lowest BCUT2D eigenvalue weighted by Crippen LogP contribution is -2.23. The Hall–Kier alpha value is -1.98. The molecule has 0 spiro atoms. The Morgan fingerprint density at radius 2 is 2.16 bits per heavy atom. The van der Waals surface area contributed by atoms with Crippen molar-refractivity contribution >= 4 is 5.78 Å². The van der Waals surface area contributed by atoms with Crippen LogP contribution >= 0.6 is 0 Å². The molecule has 0 aliphatic carbocycles. The van der Waals surface area contributed by atoms with Crippen molar-refractivity contribution < 1.29 is 14.6 Å². The molecule has 5 heteroatoms. The predicted octanol–water partition coefficient (Wildman–Crippen LogP) is 1.12. The summed E-state index contributed by atoms with van der Waals surface area (Å²) >= 11 is 0. The molecule has 0 amide bonds. The fraction of sp³-hybridized carbons (Fsp3) is 0.286. The van der Waals surface area contributed by atoms with E-state index in [1.165, 1.54) is 7.11 Å². The number of aliphatic hydroxyl groups is 1. The SMILES string of the molecule is COC[C@H](O)Cn1ccnc1C(=O)c1ccccc1. The molecule has 19 heavy (non-hydrogen) atoms. The summed E-state index contributed by atoms with van der Waals surface area (Å²) in [6.45, 7) is 0.499. The summed E-state index contributed by atoms with van der Waals surface area (Å²) in [5.74, 6) is 0.163. The predicted molar refractivity (Wildman–Crippen MR) is 70.0 cm³/mol. The Morgan fingerprint density at radius 1 is 1.42 bits per heavy atom. The second-order valence-electron chi connectivity index (χ2n) is 4.21. The van der Waals surface area contributed by atoms with Gasteiger partial charge in [-0.05, 0) is 0 Å². The van der Waals surface area contributed by atoms with Crippen LogP contribution in [0, 0.1) is 0 Å². The average molecular weight is 260 g/mol. The molecule has 0 saturated heterocycles. The molecule has 1 heterocycles. The van der Waals surface area contributed by atoms with Crippen LogP contribution in [0.1, 0.15) is 16.2 Å². The van der Waals surface area contributed by atoms with Gasteiger partial charge in [-0.1, -0.05) is 30.3 Å². The maximum atomic E-state index is 12.3. The highest BCUT2D eigenvalue weighted by Crippen LogP contribution is 2.09. The van der Waals surface area contributed by atoms with Crippen LogP contribution in [-0.2, 0) is 11.3 Å². The third-order valence-electron chi connectivity index (χ3n) is 2.72. The van der Waals surface area contributed by atoms with E-state index in [9.17, 15) is 9.90 Å². The van der Waals surface area contributed by atoms with Crippen LogP contribution in [0.4, 0.5) is 0 Å². The minimum Gasteiger partial charge on any atom is -0.389 e. The van der Waals surface area contributed by atoms with E-state index in [0.717, 1.165) is 0 Å². The first-order valence-corrected chi connectivity index (χ1v) is 6.00. The third kappa shape index (κ3) is 3.27. The van der Waals surface area contributed by atoms with E-state index in [2.05, 4.69) is 4.98 Å². The molecule has 0 radical (unpaired) electrons. The lowest BCUT2D eigenvalue weighted by molar-refractivity contribution is 0.0530. The summed E-state index contributed by atoms with van der Waals surface area (Å²) in [6.07, 6.45) is 2.56. The molecule has 1 aromatic heterocycles. The molecule has 1 atom stereocenters. The summed E-state index contributed by atoms with van der Waals surface area (Å²) in [6, 6.07) is 8.95. The number of nitrogens with zero attached hydrogens (tertiary/aromatic N) is 2. The summed E-state index contributed by atoms with van der Waals surface area (Å²) in [4.78, 5) is 16.3. The number of aromatic nitrogens is 2. The van der Waals surface area contributed by atoms with Gasteiger partial charge in [0.15, 0.2) is 5.82 Å². The molecule has 0 aliphatic rings. The number of hydrogen-bond acceptors (Lipinski definition) is 4. The second kappa shape index (κ2) is 6.26. The highest BCUT2D eigenvalue weighted by atomic mass is 16.5. The van der Waals surface area contributed by atoms with Crippen LogP contribution < -0.4 is 0 Å². The van der Waals surface area contributed by atoms with Crippen molar-refractivity contribution in [3.8, 4) is 0 Å². The number of hydrogen-bond donors (Lipinski definition) is 1. The number of carbonyl (C=O) groups excluding carboxylic acids is 1. The number of imidazole rings is 1. The lowest BCUT2D eigenvalue weighted by Gasteiger charge is -2.12. The van der Waals surface area contributed by atoms with Crippen molar-refractivity contribution in [2.75, 3.05) is 13.7 Å². The zero-order valence-corrected chi connectivity index (χ0v) is 10.7. The smallest absolute Gasteiger partial charge is 0.228 e. The van der Waals surface area contributed by atoms with Crippen molar-refractivity contribution in [2.45, 2.75) is 12.6 Å². The van der Waals surface area contributed by atoms with E-state index in [-0.39, 0.29) is 18.9 Å². The molecule has 0 aliphatic heterocycles. The zero-order chi connectivity index (χ0) is 13.7. The van der Waals surface area contributed by atoms with E-state index in [0.29, 0.717) is 11.4 Å². The largest absolute Gasteiger partial charge is 0.389 e. The Morgan fingerprint density at radius 3 is 2.84 bits per heavy atom. The Kier molecular flexibility index (Phi) is 4.43. The lowest BCUT2D eigenvalue weighted by atomic mass is 10.1. The van der Waals surface area contributed by atoms with Gasteiger partial charge in [0.25, 0.3) is 0 Å². The molecule has 2 aromatic rings. The van der Waals surface area contributed by atoms with Gasteiger partial charge >= 0.3 is 0 Å². The third-order valence-corrected chi connectivity index (χ3v) is 2.72. The van der Waals surface area contributed by atoms with Gasteiger partial charge in [-0.25, -0.2) is 4.98 Å². The minimum atomic E-state index is -0.665. The van der Waals surface area contributed by atoms with Crippen LogP contribution in [0.5, 0.6) is 0 Å². The molecule has 5 nitrogen and oxygen atoms in total. The van der Waals surface area contributed by atoms with Gasteiger partial charge in [-0.2, -0.15) is 0 Å². The Labute approximate surface area is 111 Å². The van der Waals surface area contributed by atoms with Crippen molar-refractivity contribution in [3.05, 3.63) is 54.1 Å². The first kappa shape index (κ1) is 13.5. The highest BCUT2D eigenvalue weighted by Gasteiger charge is 2.16. The highest BCUT2D eigenvalue weighted by molar-refractivity contribution is 6.06. The van der Waals surface area contributed by atoms with E-state index < -0.39 is 6.10 Å². The van der Waals surface area contributed by atoms with Gasteiger partial charge in [0.2, 0.25) is 5.78 Å². The van der Waals surface area contributed by atoms with Crippen LogP contribution in [-0.4, -0.2) is 40.3 Å². The fourth-order valence-corrected chi connectivity index (χ4v) is 1.86. The zero-order valence-electron chi connectivity index (χ0n) is 10.7. The van der Waals surface area contributed by atoms with Crippen molar-refractivity contribution in [2.24, 2.45) is 0 Å². The molecule has 1 aromatic carbocycles. The van der Waals surface area contributed by atoms with Gasteiger partial charge < -0.3 is 14.4 Å². The number of benzene rings is 1. The van der Waals surface area contributed by atoms with Crippen LogP contribution in [0.2, 0.25) is 0 Å². The van der Waals surface area contributed by atoms with Crippen molar-refractivity contribution in [1.29, 1.82) is 0 Å². The Balaban J connectivity index is 2.18. The summed E-state index contributed by atoms with van der Waals surface area (Å²) in [7, 11) is 1.52. The standard InChI is InChI=1S/C14H16N2O3/c1-19-10-12(17)9-16-8-7-15-14(16)13(18)11-5-3-2-4-6-11/h2-8,12,17H,9-10H2,1H3/t12-/m1/s1. The number of rotatable bonds is 6. The van der Waals surface area contributed by atoms with Crippen molar-refractivity contribution in [1.82, 2.24) is 9.55 Å². The molecule has 0 unspecified atom stereocenters. The fourth-order valence-electron chi connectivity index (χ4n) is 1.86.